The monoisotopic (exact) mass is 378 g/mol. The summed E-state index contributed by atoms with van der Waals surface area (Å²) in [5, 5.41) is 6.83. The van der Waals surface area contributed by atoms with Crippen molar-refractivity contribution in [1.29, 1.82) is 0 Å². The number of nitrogens with one attached hydrogen (secondary N) is 1. The smallest absolute Gasteiger partial charge is 0.226 e. The molecule has 0 atom stereocenters. The lowest BCUT2D eigenvalue weighted by molar-refractivity contribution is -0.122. The molecule has 0 radical (unpaired) electrons. The van der Waals surface area contributed by atoms with Crippen LogP contribution in [0.5, 0.6) is 0 Å². The molecule has 0 bridgehead atoms. The molecule has 2 rings (SSSR count). The Labute approximate surface area is 159 Å². The van der Waals surface area contributed by atoms with E-state index in [1.54, 1.807) is 11.3 Å². The van der Waals surface area contributed by atoms with Gasteiger partial charge >= 0.3 is 0 Å². The normalized spacial score (nSPS) is 12.2. The van der Waals surface area contributed by atoms with Gasteiger partial charge in [0.25, 0.3) is 0 Å². The Kier molecular flexibility index (Phi) is 6.28. The molecule has 3 nitrogen and oxygen atoms in total. The number of amides is 1. The fourth-order valence-corrected chi connectivity index (χ4v) is 4.33. The third-order valence-corrected chi connectivity index (χ3v) is 4.77. The maximum Gasteiger partial charge on any atom is 0.226 e. The van der Waals surface area contributed by atoms with Crippen molar-refractivity contribution in [2.45, 2.75) is 59.4 Å². The SMILES string of the molecule is CC(C)(C)CC(C)(C)NC(=O)Cc1csc(Cc2cccc(Cl)c2)n1. The van der Waals surface area contributed by atoms with E-state index in [0.717, 1.165) is 34.1 Å². The average molecular weight is 379 g/mol. The summed E-state index contributed by atoms with van der Waals surface area (Å²) in [4.78, 5) is 17.0. The lowest BCUT2D eigenvalue weighted by atomic mass is 9.82. The zero-order chi connectivity index (χ0) is 18.7. The maximum absolute atomic E-state index is 12.4. The molecule has 0 aliphatic heterocycles. The minimum Gasteiger partial charge on any atom is -0.351 e. The van der Waals surface area contributed by atoms with E-state index in [9.17, 15) is 4.79 Å². The molecule has 1 N–H and O–H groups in total. The van der Waals surface area contributed by atoms with Crippen molar-refractivity contribution in [3.8, 4) is 0 Å². The standard InChI is InChI=1S/C20H27ClN2OS/c1-19(2,3)13-20(4,5)23-17(24)11-16-12-25-18(22-16)10-14-7-6-8-15(21)9-14/h6-9,12H,10-11,13H2,1-5H3,(H,23,24). The summed E-state index contributed by atoms with van der Waals surface area (Å²) in [7, 11) is 0. The fraction of sp³-hybridized carbons (Fsp3) is 0.500. The van der Waals surface area contributed by atoms with Gasteiger partial charge in [0, 0.05) is 22.4 Å². The maximum atomic E-state index is 12.4. The number of halogens is 1. The van der Waals surface area contributed by atoms with Crippen LogP contribution in [-0.4, -0.2) is 16.4 Å². The van der Waals surface area contributed by atoms with Gasteiger partial charge in [-0.3, -0.25) is 4.79 Å². The number of hydrogen-bond donors (Lipinski definition) is 1. The zero-order valence-corrected chi connectivity index (χ0v) is 17.2. The second-order valence-electron chi connectivity index (χ2n) is 8.39. The number of hydrogen-bond acceptors (Lipinski definition) is 3. The molecule has 1 heterocycles. The Morgan fingerprint density at radius 3 is 2.60 bits per heavy atom. The van der Waals surface area contributed by atoms with Crippen molar-refractivity contribution in [3.05, 3.63) is 50.9 Å². The fourth-order valence-electron chi connectivity index (χ4n) is 3.29. The topological polar surface area (TPSA) is 42.0 Å². The van der Waals surface area contributed by atoms with Crippen LogP contribution in [0.4, 0.5) is 0 Å². The molecule has 0 saturated heterocycles. The highest BCUT2D eigenvalue weighted by Gasteiger charge is 2.27. The van der Waals surface area contributed by atoms with Crippen LogP contribution >= 0.6 is 22.9 Å². The molecule has 136 valence electrons. The Morgan fingerprint density at radius 2 is 1.96 bits per heavy atom. The van der Waals surface area contributed by atoms with Crippen LogP contribution in [0.3, 0.4) is 0 Å². The van der Waals surface area contributed by atoms with Gasteiger partial charge in [-0.05, 0) is 43.4 Å². The van der Waals surface area contributed by atoms with Crippen LogP contribution in [0.2, 0.25) is 5.02 Å². The summed E-state index contributed by atoms with van der Waals surface area (Å²) in [5.41, 5.74) is 1.89. The first kappa shape index (κ1) is 19.9. The molecule has 1 aromatic heterocycles. The van der Waals surface area contributed by atoms with E-state index in [0.29, 0.717) is 6.42 Å². The number of carbonyl (C=O) groups is 1. The second-order valence-corrected chi connectivity index (χ2v) is 9.76. The number of benzene rings is 1. The van der Waals surface area contributed by atoms with E-state index in [-0.39, 0.29) is 16.9 Å². The highest BCUT2D eigenvalue weighted by atomic mass is 35.5. The summed E-state index contributed by atoms with van der Waals surface area (Å²) in [5.74, 6) is 0.0221. The molecular weight excluding hydrogens is 352 g/mol. The number of nitrogens with zero attached hydrogens (tertiary/aromatic N) is 1. The van der Waals surface area contributed by atoms with Gasteiger partial charge in [0.15, 0.2) is 0 Å². The first-order chi connectivity index (χ1) is 11.5. The summed E-state index contributed by atoms with van der Waals surface area (Å²) < 4.78 is 0. The molecule has 0 saturated carbocycles. The van der Waals surface area contributed by atoms with Crippen LogP contribution in [0.25, 0.3) is 0 Å². The highest BCUT2D eigenvalue weighted by Crippen LogP contribution is 2.27. The van der Waals surface area contributed by atoms with Crippen LogP contribution in [0.1, 0.15) is 57.3 Å². The number of carbonyl (C=O) groups excluding carboxylic acids is 1. The largest absolute Gasteiger partial charge is 0.351 e. The van der Waals surface area contributed by atoms with E-state index in [1.165, 1.54) is 0 Å². The molecule has 1 amide bonds. The van der Waals surface area contributed by atoms with Crippen LogP contribution in [0.15, 0.2) is 29.6 Å². The molecule has 25 heavy (non-hydrogen) atoms. The Morgan fingerprint density at radius 1 is 1.24 bits per heavy atom. The molecule has 0 spiro atoms. The lowest BCUT2D eigenvalue weighted by Gasteiger charge is -2.33. The molecule has 0 unspecified atom stereocenters. The Bertz CT molecular complexity index is 731. The molecule has 5 heteroatoms. The molecule has 0 fully saturated rings. The summed E-state index contributed by atoms with van der Waals surface area (Å²) in [6.07, 6.45) is 1.98. The molecular formula is C20H27ClN2OS. The van der Waals surface area contributed by atoms with Gasteiger partial charge in [-0.1, -0.05) is 44.5 Å². The van der Waals surface area contributed by atoms with Gasteiger partial charge in [-0.2, -0.15) is 0 Å². The number of rotatable bonds is 6. The Hall–Kier alpha value is -1.39. The van der Waals surface area contributed by atoms with Crippen molar-refractivity contribution < 1.29 is 4.79 Å². The number of aromatic nitrogens is 1. The van der Waals surface area contributed by atoms with Crippen LogP contribution in [-0.2, 0) is 17.6 Å². The minimum absolute atomic E-state index is 0.0221. The predicted molar refractivity (Wildman–Crippen MR) is 106 cm³/mol. The summed E-state index contributed by atoms with van der Waals surface area (Å²) in [6, 6.07) is 7.79. The van der Waals surface area contributed by atoms with Gasteiger partial charge in [0.05, 0.1) is 17.1 Å². The number of thiazole rings is 1. The van der Waals surface area contributed by atoms with Crippen molar-refractivity contribution in [2.24, 2.45) is 5.41 Å². The van der Waals surface area contributed by atoms with Crippen LogP contribution < -0.4 is 5.32 Å². The van der Waals surface area contributed by atoms with E-state index < -0.39 is 0 Å². The van der Waals surface area contributed by atoms with E-state index in [4.69, 9.17) is 11.6 Å². The second kappa shape index (κ2) is 7.88. The summed E-state index contributed by atoms with van der Waals surface area (Å²) in [6.45, 7) is 10.7. The van der Waals surface area contributed by atoms with Crippen molar-refractivity contribution in [2.75, 3.05) is 0 Å². The van der Waals surface area contributed by atoms with Crippen molar-refractivity contribution in [3.63, 3.8) is 0 Å². The molecule has 2 aromatic rings. The van der Waals surface area contributed by atoms with Gasteiger partial charge in [0.2, 0.25) is 5.91 Å². The molecule has 0 aliphatic carbocycles. The first-order valence-corrected chi connectivity index (χ1v) is 9.77. The summed E-state index contributed by atoms with van der Waals surface area (Å²) >= 11 is 7.61. The van der Waals surface area contributed by atoms with Gasteiger partial charge in [0.1, 0.15) is 0 Å². The highest BCUT2D eigenvalue weighted by molar-refractivity contribution is 7.09. The van der Waals surface area contributed by atoms with E-state index in [2.05, 4.69) is 44.9 Å². The molecule has 0 aliphatic rings. The predicted octanol–water partition coefficient (Wildman–Crippen LogP) is 5.26. The van der Waals surface area contributed by atoms with E-state index in [1.807, 2.05) is 29.6 Å². The van der Waals surface area contributed by atoms with Crippen molar-refractivity contribution >= 4 is 28.8 Å². The van der Waals surface area contributed by atoms with Crippen LogP contribution in [0, 0.1) is 5.41 Å². The molecule has 1 aromatic carbocycles. The third-order valence-electron chi connectivity index (χ3n) is 3.64. The quantitative estimate of drug-likeness (QED) is 0.744. The van der Waals surface area contributed by atoms with Crippen molar-refractivity contribution in [1.82, 2.24) is 10.3 Å². The Balaban J connectivity index is 1.93. The van der Waals surface area contributed by atoms with Gasteiger partial charge in [-0.25, -0.2) is 4.98 Å². The average Bonchev–Trinajstić information content (AvgIpc) is 2.81. The zero-order valence-electron chi connectivity index (χ0n) is 15.6. The first-order valence-electron chi connectivity index (χ1n) is 8.51. The van der Waals surface area contributed by atoms with E-state index >= 15 is 0 Å². The lowest BCUT2D eigenvalue weighted by Crippen LogP contribution is -2.46. The van der Waals surface area contributed by atoms with Gasteiger partial charge < -0.3 is 5.32 Å². The minimum atomic E-state index is -0.227. The van der Waals surface area contributed by atoms with Gasteiger partial charge in [-0.15, -0.1) is 11.3 Å². The third kappa shape index (κ3) is 7.17.